The zero-order valence-electron chi connectivity index (χ0n) is 10.3. The Morgan fingerprint density at radius 2 is 1.88 bits per heavy atom. The third kappa shape index (κ3) is 3.48. The summed E-state index contributed by atoms with van der Waals surface area (Å²) in [5.74, 6) is 0.0817. The van der Waals surface area contributed by atoms with Crippen molar-refractivity contribution in [3.8, 4) is 0 Å². The quantitative estimate of drug-likeness (QED) is 0.837. The van der Waals surface area contributed by atoms with Crippen LogP contribution in [-0.2, 0) is 4.79 Å². The molecular weight excluding hydrogens is 212 g/mol. The molecule has 1 fully saturated rings. The average molecular weight is 232 g/mol. The van der Waals surface area contributed by atoms with Crippen molar-refractivity contribution in [2.75, 3.05) is 11.9 Å². The number of rotatable bonds is 4. The predicted octanol–water partition coefficient (Wildman–Crippen LogP) is 2.55. The van der Waals surface area contributed by atoms with Crippen LogP contribution in [0.3, 0.4) is 0 Å². The molecule has 2 rings (SSSR count). The molecule has 0 saturated heterocycles. The molecule has 3 heteroatoms. The van der Waals surface area contributed by atoms with E-state index < -0.39 is 0 Å². The standard InChI is InChI=1S/C14H20N2O/c1-14(9-5-6-10-14)16-13(17)11-15-12-7-3-2-4-8-12/h2-4,7-8,15H,5-6,9-11H2,1H3,(H,16,17). The van der Waals surface area contributed by atoms with Gasteiger partial charge in [-0.1, -0.05) is 31.0 Å². The highest BCUT2D eigenvalue weighted by Gasteiger charge is 2.29. The molecule has 2 N–H and O–H groups in total. The third-order valence-corrected chi connectivity index (χ3v) is 3.38. The Bertz CT molecular complexity index is 369. The minimum Gasteiger partial charge on any atom is -0.376 e. The Morgan fingerprint density at radius 3 is 2.53 bits per heavy atom. The maximum Gasteiger partial charge on any atom is 0.239 e. The molecule has 92 valence electrons. The molecule has 0 unspecified atom stereocenters. The number of anilines is 1. The van der Waals surface area contributed by atoms with Gasteiger partial charge in [-0.15, -0.1) is 0 Å². The Balaban J connectivity index is 1.78. The highest BCUT2D eigenvalue weighted by Crippen LogP contribution is 2.28. The first kappa shape index (κ1) is 12.0. The summed E-state index contributed by atoms with van der Waals surface area (Å²) < 4.78 is 0. The van der Waals surface area contributed by atoms with Gasteiger partial charge in [0, 0.05) is 11.2 Å². The van der Waals surface area contributed by atoms with Crippen LogP contribution in [0.1, 0.15) is 32.6 Å². The molecule has 3 nitrogen and oxygen atoms in total. The summed E-state index contributed by atoms with van der Waals surface area (Å²) in [5, 5.41) is 6.25. The van der Waals surface area contributed by atoms with E-state index in [0.717, 1.165) is 18.5 Å². The zero-order valence-corrected chi connectivity index (χ0v) is 10.3. The number of carbonyl (C=O) groups is 1. The van der Waals surface area contributed by atoms with Crippen LogP contribution >= 0.6 is 0 Å². The summed E-state index contributed by atoms with van der Waals surface area (Å²) in [4.78, 5) is 11.8. The van der Waals surface area contributed by atoms with Crippen molar-refractivity contribution in [1.82, 2.24) is 5.32 Å². The van der Waals surface area contributed by atoms with Crippen LogP contribution in [0.2, 0.25) is 0 Å². The van der Waals surface area contributed by atoms with Crippen molar-refractivity contribution in [1.29, 1.82) is 0 Å². The summed E-state index contributed by atoms with van der Waals surface area (Å²) in [7, 11) is 0. The molecule has 1 aromatic rings. The summed E-state index contributed by atoms with van der Waals surface area (Å²) >= 11 is 0. The van der Waals surface area contributed by atoms with Crippen molar-refractivity contribution < 1.29 is 4.79 Å². The van der Waals surface area contributed by atoms with Gasteiger partial charge in [-0.05, 0) is 31.9 Å². The number of hydrogen-bond acceptors (Lipinski definition) is 2. The van der Waals surface area contributed by atoms with Crippen molar-refractivity contribution >= 4 is 11.6 Å². The Hall–Kier alpha value is -1.51. The summed E-state index contributed by atoms with van der Waals surface area (Å²) in [5.41, 5.74) is 1.01. The van der Waals surface area contributed by atoms with E-state index in [9.17, 15) is 4.79 Å². The lowest BCUT2D eigenvalue weighted by Gasteiger charge is -2.25. The first-order valence-corrected chi connectivity index (χ1v) is 6.28. The van der Waals surface area contributed by atoms with E-state index in [0.29, 0.717) is 6.54 Å². The molecule has 0 aliphatic heterocycles. The lowest BCUT2D eigenvalue weighted by atomic mass is 10.0. The average Bonchev–Trinajstić information content (AvgIpc) is 2.74. The Kier molecular flexibility index (Phi) is 3.67. The number of hydrogen-bond donors (Lipinski definition) is 2. The molecule has 0 heterocycles. The van der Waals surface area contributed by atoms with Crippen molar-refractivity contribution in [3.05, 3.63) is 30.3 Å². The van der Waals surface area contributed by atoms with Crippen molar-refractivity contribution in [2.24, 2.45) is 0 Å². The highest BCUT2D eigenvalue weighted by atomic mass is 16.2. The Morgan fingerprint density at radius 1 is 1.24 bits per heavy atom. The second-order valence-corrected chi connectivity index (χ2v) is 5.04. The molecule has 0 atom stereocenters. The fourth-order valence-corrected chi connectivity index (χ4v) is 2.40. The number of benzene rings is 1. The van der Waals surface area contributed by atoms with E-state index in [1.807, 2.05) is 30.3 Å². The van der Waals surface area contributed by atoms with E-state index in [4.69, 9.17) is 0 Å². The van der Waals surface area contributed by atoms with Crippen molar-refractivity contribution in [3.63, 3.8) is 0 Å². The van der Waals surface area contributed by atoms with Gasteiger partial charge in [0.1, 0.15) is 0 Å². The van der Waals surface area contributed by atoms with E-state index >= 15 is 0 Å². The molecule has 1 aliphatic carbocycles. The number of para-hydroxylation sites is 1. The van der Waals surface area contributed by atoms with E-state index in [1.165, 1.54) is 12.8 Å². The maximum atomic E-state index is 11.8. The van der Waals surface area contributed by atoms with Crippen molar-refractivity contribution in [2.45, 2.75) is 38.1 Å². The number of amides is 1. The number of nitrogens with one attached hydrogen (secondary N) is 2. The van der Waals surface area contributed by atoms with Gasteiger partial charge in [0.25, 0.3) is 0 Å². The molecule has 1 aliphatic rings. The second kappa shape index (κ2) is 5.21. The van der Waals surface area contributed by atoms with E-state index in [2.05, 4.69) is 17.6 Å². The summed E-state index contributed by atoms with van der Waals surface area (Å²) in [6.07, 6.45) is 4.65. The first-order chi connectivity index (χ1) is 8.18. The monoisotopic (exact) mass is 232 g/mol. The van der Waals surface area contributed by atoms with Gasteiger partial charge in [0.05, 0.1) is 6.54 Å². The normalized spacial score (nSPS) is 17.7. The molecule has 17 heavy (non-hydrogen) atoms. The molecule has 0 radical (unpaired) electrons. The number of carbonyl (C=O) groups excluding carboxylic acids is 1. The lowest BCUT2D eigenvalue weighted by molar-refractivity contribution is -0.121. The van der Waals surface area contributed by atoms with Crippen LogP contribution in [0, 0.1) is 0 Å². The minimum absolute atomic E-state index is 0.0233. The van der Waals surface area contributed by atoms with Crippen LogP contribution in [0.25, 0.3) is 0 Å². The smallest absolute Gasteiger partial charge is 0.239 e. The van der Waals surface area contributed by atoms with Gasteiger partial charge in [-0.25, -0.2) is 0 Å². The largest absolute Gasteiger partial charge is 0.376 e. The molecule has 0 spiro atoms. The van der Waals surface area contributed by atoms with Gasteiger partial charge in [-0.3, -0.25) is 4.79 Å². The van der Waals surface area contributed by atoms with E-state index in [1.54, 1.807) is 0 Å². The predicted molar refractivity (Wildman–Crippen MR) is 69.9 cm³/mol. The Labute approximate surface area is 103 Å². The lowest BCUT2D eigenvalue weighted by Crippen LogP contribution is -2.45. The van der Waals surface area contributed by atoms with Crippen LogP contribution in [0.15, 0.2) is 30.3 Å². The summed E-state index contributed by atoms with van der Waals surface area (Å²) in [6.45, 7) is 2.49. The second-order valence-electron chi connectivity index (χ2n) is 5.04. The fourth-order valence-electron chi connectivity index (χ4n) is 2.40. The molecule has 1 aromatic carbocycles. The van der Waals surface area contributed by atoms with Gasteiger partial charge < -0.3 is 10.6 Å². The molecule has 1 amide bonds. The summed E-state index contributed by atoms with van der Waals surface area (Å²) in [6, 6.07) is 9.80. The first-order valence-electron chi connectivity index (χ1n) is 6.28. The van der Waals surface area contributed by atoms with Crippen LogP contribution in [0.4, 0.5) is 5.69 Å². The molecule has 0 aromatic heterocycles. The zero-order chi connectivity index (χ0) is 12.1. The minimum atomic E-state index is 0.0233. The van der Waals surface area contributed by atoms with Gasteiger partial charge >= 0.3 is 0 Å². The third-order valence-electron chi connectivity index (χ3n) is 3.38. The maximum absolute atomic E-state index is 11.8. The molecule has 0 bridgehead atoms. The SMILES string of the molecule is CC1(NC(=O)CNc2ccccc2)CCCC1. The van der Waals surface area contributed by atoms with Crippen LogP contribution < -0.4 is 10.6 Å². The van der Waals surface area contributed by atoms with Gasteiger partial charge in [0.15, 0.2) is 0 Å². The van der Waals surface area contributed by atoms with Crippen LogP contribution in [-0.4, -0.2) is 18.0 Å². The fraction of sp³-hybridized carbons (Fsp3) is 0.500. The van der Waals surface area contributed by atoms with Crippen LogP contribution in [0.5, 0.6) is 0 Å². The highest BCUT2D eigenvalue weighted by molar-refractivity contribution is 5.81. The van der Waals surface area contributed by atoms with E-state index in [-0.39, 0.29) is 11.4 Å². The molecule has 1 saturated carbocycles. The van der Waals surface area contributed by atoms with Gasteiger partial charge in [0.2, 0.25) is 5.91 Å². The topological polar surface area (TPSA) is 41.1 Å². The van der Waals surface area contributed by atoms with Gasteiger partial charge in [-0.2, -0.15) is 0 Å². The molecular formula is C14H20N2O.